The number of benzene rings is 3. The summed E-state index contributed by atoms with van der Waals surface area (Å²) >= 11 is 0. The molecule has 0 aliphatic rings. The van der Waals surface area contributed by atoms with Gasteiger partial charge in [0, 0.05) is 16.6 Å². The van der Waals surface area contributed by atoms with Gasteiger partial charge in [0.1, 0.15) is 11.5 Å². The summed E-state index contributed by atoms with van der Waals surface area (Å²) in [6.45, 7) is 0. The Hall–Kier alpha value is -3.86. The van der Waals surface area contributed by atoms with Crippen LogP contribution in [0.3, 0.4) is 0 Å². The average Bonchev–Trinajstić information content (AvgIpc) is 3.29. The second-order valence-corrected chi connectivity index (χ2v) is 6.44. The zero-order valence-corrected chi connectivity index (χ0v) is 14.4. The number of amides is 1. The maximum atomic E-state index is 12.0. The van der Waals surface area contributed by atoms with Gasteiger partial charge >= 0.3 is 0 Å². The predicted octanol–water partition coefficient (Wildman–Crippen LogP) is 4.27. The summed E-state index contributed by atoms with van der Waals surface area (Å²) in [5.74, 6) is 0.358. The summed E-state index contributed by atoms with van der Waals surface area (Å²) in [5.41, 5.74) is 10.7. The number of primary amides is 1. The van der Waals surface area contributed by atoms with Gasteiger partial charge in [-0.1, -0.05) is 48.5 Å². The molecular weight excluding hydrogens is 336 g/mol. The molecule has 0 saturated heterocycles. The minimum Gasteiger partial charge on any atom is -0.364 e. The fourth-order valence-electron chi connectivity index (χ4n) is 3.48. The van der Waals surface area contributed by atoms with E-state index in [2.05, 4.69) is 9.97 Å². The number of nitrogens with two attached hydrogens (primary N) is 1. The summed E-state index contributed by atoms with van der Waals surface area (Å²) in [7, 11) is 0. The Balaban J connectivity index is 1.71. The van der Waals surface area contributed by atoms with Crippen molar-refractivity contribution >= 4 is 27.8 Å². The standard InChI is InChI=1S/C22H16N4O/c23-21(27)20-12-15-8-4-5-9-19(15)26(20)16-10-11-17-18(13-16)25-22(24-17)14-6-2-1-3-7-14/h1-13H,(H2,23,27)(H,24,25). The van der Waals surface area contributed by atoms with E-state index in [1.165, 1.54) is 0 Å². The second-order valence-electron chi connectivity index (χ2n) is 6.44. The smallest absolute Gasteiger partial charge is 0.265 e. The first-order valence-corrected chi connectivity index (χ1v) is 8.66. The highest BCUT2D eigenvalue weighted by molar-refractivity contribution is 5.99. The van der Waals surface area contributed by atoms with E-state index in [9.17, 15) is 4.79 Å². The maximum Gasteiger partial charge on any atom is 0.265 e. The molecule has 0 atom stereocenters. The topological polar surface area (TPSA) is 76.7 Å². The number of H-pyrrole nitrogens is 1. The highest BCUT2D eigenvalue weighted by Gasteiger charge is 2.15. The third-order valence-electron chi connectivity index (χ3n) is 4.73. The molecular formula is C22H16N4O. The summed E-state index contributed by atoms with van der Waals surface area (Å²) in [6, 6.07) is 25.6. The Bertz CT molecular complexity index is 1300. The third kappa shape index (κ3) is 2.48. The average molecular weight is 352 g/mol. The molecule has 5 rings (SSSR count). The zero-order chi connectivity index (χ0) is 18.4. The number of hydrogen-bond acceptors (Lipinski definition) is 2. The minimum absolute atomic E-state index is 0.457. The number of rotatable bonds is 3. The predicted molar refractivity (Wildman–Crippen MR) is 107 cm³/mol. The van der Waals surface area contributed by atoms with Crippen LogP contribution in [0, 0.1) is 0 Å². The van der Waals surface area contributed by atoms with Gasteiger partial charge in [0.05, 0.1) is 16.6 Å². The van der Waals surface area contributed by atoms with Crippen molar-refractivity contribution in [3.05, 3.63) is 84.6 Å². The molecule has 2 aromatic heterocycles. The maximum absolute atomic E-state index is 12.0. The van der Waals surface area contributed by atoms with Gasteiger partial charge < -0.3 is 15.3 Å². The normalized spacial score (nSPS) is 11.3. The van der Waals surface area contributed by atoms with Gasteiger partial charge in [-0.25, -0.2) is 4.98 Å². The Morgan fingerprint density at radius 1 is 0.926 bits per heavy atom. The molecule has 0 unspecified atom stereocenters. The van der Waals surface area contributed by atoms with Crippen molar-refractivity contribution in [2.45, 2.75) is 0 Å². The number of nitrogens with zero attached hydrogens (tertiary/aromatic N) is 2. The van der Waals surface area contributed by atoms with E-state index in [1.54, 1.807) is 0 Å². The highest BCUT2D eigenvalue weighted by atomic mass is 16.1. The number of nitrogens with one attached hydrogen (secondary N) is 1. The quantitative estimate of drug-likeness (QED) is 0.509. The zero-order valence-electron chi connectivity index (χ0n) is 14.4. The monoisotopic (exact) mass is 352 g/mol. The van der Waals surface area contributed by atoms with Crippen molar-refractivity contribution in [1.29, 1.82) is 0 Å². The van der Waals surface area contributed by atoms with E-state index in [0.29, 0.717) is 5.69 Å². The van der Waals surface area contributed by atoms with E-state index in [0.717, 1.165) is 39.0 Å². The number of imidazole rings is 1. The van der Waals surface area contributed by atoms with Crippen LogP contribution in [0.25, 0.3) is 39.0 Å². The molecule has 2 heterocycles. The molecule has 0 radical (unpaired) electrons. The minimum atomic E-state index is -0.458. The fraction of sp³-hybridized carbons (Fsp3) is 0. The molecule has 0 aliphatic carbocycles. The lowest BCUT2D eigenvalue weighted by Crippen LogP contribution is -2.15. The van der Waals surface area contributed by atoms with Crippen LogP contribution < -0.4 is 5.73 Å². The van der Waals surface area contributed by atoms with Crippen LogP contribution in [0.1, 0.15) is 10.5 Å². The van der Waals surface area contributed by atoms with Crippen LogP contribution in [0.5, 0.6) is 0 Å². The van der Waals surface area contributed by atoms with E-state index in [-0.39, 0.29) is 0 Å². The summed E-state index contributed by atoms with van der Waals surface area (Å²) in [5, 5.41) is 0.973. The Labute approximate surface area is 155 Å². The van der Waals surface area contributed by atoms with Crippen LogP contribution in [0.2, 0.25) is 0 Å². The van der Waals surface area contributed by atoms with Gasteiger partial charge in [0.15, 0.2) is 0 Å². The van der Waals surface area contributed by atoms with Gasteiger partial charge in [0.2, 0.25) is 0 Å². The lowest BCUT2D eigenvalue weighted by atomic mass is 10.2. The third-order valence-corrected chi connectivity index (χ3v) is 4.73. The Morgan fingerprint density at radius 2 is 1.70 bits per heavy atom. The van der Waals surface area contributed by atoms with Gasteiger partial charge in [-0.3, -0.25) is 4.79 Å². The number of carbonyl (C=O) groups excluding carboxylic acids is 1. The van der Waals surface area contributed by atoms with E-state index in [1.807, 2.05) is 83.4 Å². The number of para-hydroxylation sites is 1. The van der Waals surface area contributed by atoms with Crippen molar-refractivity contribution in [3.63, 3.8) is 0 Å². The Morgan fingerprint density at radius 3 is 2.52 bits per heavy atom. The molecule has 0 saturated carbocycles. The number of carbonyl (C=O) groups is 1. The first kappa shape index (κ1) is 15.4. The molecule has 1 amide bonds. The lowest BCUT2D eigenvalue weighted by molar-refractivity contribution is 0.0994. The van der Waals surface area contributed by atoms with Gasteiger partial charge in [-0.2, -0.15) is 0 Å². The number of aromatic nitrogens is 3. The van der Waals surface area contributed by atoms with E-state index >= 15 is 0 Å². The highest BCUT2D eigenvalue weighted by Crippen LogP contribution is 2.27. The SMILES string of the molecule is NC(=O)c1cc2ccccc2n1-c1ccc2nc(-c3ccccc3)[nH]c2c1. The van der Waals surface area contributed by atoms with Crippen molar-refractivity contribution in [1.82, 2.24) is 14.5 Å². The molecule has 0 aliphatic heterocycles. The van der Waals surface area contributed by atoms with Crippen molar-refractivity contribution in [2.75, 3.05) is 0 Å². The molecule has 0 bridgehead atoms. The molecule has 130 valence electrons. The van der Waals surface area contributed by atoms with Gasteiger partial charge in [-0.05, 0) is 30.3 Å². The van der Waals surface area contributed by atoms with Crippen LogP contribution in [0.4, 0.5) is 0 Å². The van der Waals surface area contributed by atoms with Crippen molar-refractivity contribution in [2.24, 2.45) is 5.73 Å². The van der Waals surface area contributed by atoms with Gasteiger partial charge in [0.25, 0.3) is 5.91 Å². The molecule has 0 fully saturated rings. The Kier molecular flexibility index (Phi) is 3.33. The van der Waals surface area contributed by atoms with Crippen LogP contribution in [0.15, 0.2) is 78.9 Å². The second kappa shape index (κ2) is 5.85. The van der Waals surface area contributed by atoms with E-state index in [4.69, 9.17) is 5.73 Å². The van der Waals surface area contributed by atoms with Crippen LogP contribution >= 0.6 is 0 Å². The van der Waals surface area contributed by atoms with Gasteiger partial charge in [-0.15, -0.1) is 0 Å². The number of hydrogen-bond donors (Lipinski definition) is 2. The van der Waals surface area contributed by atoms with Crippen molar-refractivity contribution < 1.29 is 4.79 Å². The molecule has 27 heavy (non-hydrogen) atoms. The largest absolute Gasteiger partial charge is 0.364 e. The molecule has 5 aromatic rings. The van der Waals surface area contributed by atoms with Crippen LogP contribution in [-0.4, -0.2) is 20.4 Å². The van der Waals surface area contributed by atoms with E-state index < -0.39 is 5.91 Å². The van der Waals surface area contributed by atoms with Crippen LogP contribution in [-0.2, 0) is 0 Å². The molecule has 5 nitrogen and oxygen atoms in total. The fourth-order valence-corrected chi connectivity index (χ4v) is 3.48. The lowest BCUT2D eigenvalue weighted by Gasteiger charge is -2.09. The summed E-state index contributed by atoms with van der Waals surface area (Å²) in [6.07, 6.45) is 0. The first-order valence-electron chi connectivity index (χ1n) is 8.66. The molecule has 3 N–H and O–H groups in total. The summed E-state index contributed by atoms with van der Waals surface area (Å²) in [4.78, 5) is 20.0. The summed E-state index contributed by atoms with van der Waals surface area (Å²) < 4.78 is 1.89. The molecule has 5 heteroatoms. The molecule has 0 spiro atoms. The molecule has 3 aromatic carbocycles. The number of fused-ring (bicyclic) bond motifs is 2. The first-order chi connectivity index (χ1) is 13.2. The number of aromatic amines is 1. The van der Waals surface area contributed by atoms with Crippen molar-refractivity contribution in [3.8, 4) is 17.1 Å².